The molecule has 3 N–H and O–H groups in total. The molecule has 1 amide bonds. The van der Waals surface area contributed by atoms with Crippen LogP contribution in [0.15, 0.2) is 42.5 Å². The third-order valence-corrected chi connectivity index (χ3v) is 7.85. The van der Waals surface area contributed by atoms with Gasteiger partial charge in [0.2, 0.25) is 5.91 Å². The molecule has 4 rings (SSSR count). The molecule has 2 aromatic carbocycles. The standard InChI is InChI=1S/C29H36N2O4/c1-18-5-4-6-23-25(18)29(2,3)17-31(27(33)21-11-9-20(16-30)10-12-21)26(23)24(32)15-19-7-13-22(14-8-19)28(34)35/h4-8,13-14,20-21,26H,9-12,15-17,30H2,1-3H3,(H,34,35). The number of hydrogen-bond donors (Lipinski definition) is 2. The number of hydrogen-bond acceptors (Lipinski definition) is 4. The van der Waals surface area contributed by atoms with E-state index in [2.05, 4.69) is 26.8 Å². The number of aryl methyl sites for hydroxylation is 1. The number of carboxylic acid groups (broad SMARTS) is 1. The van der Waals surface area contributed by atoms with Crippen LogP contribution in [-0.2, 0) is 21.4 Å². The molecule has 0 bridgehead atoms. The van der Waals surface area contributed by atoms with Crippen molar-refractivity contribution in [2.45, 2.75) is 64.3 Å². The maximum atomic E-state index is 13.9. The van der Waals surface area contributed by atoms with Crippen molar-refractivity contribution >= 4 is 17.7 Å². The van der Waals surface area contributed by atoms with Gasteiger partial charge in [0.25, 0.3) is 0 Å². The monoisotopic (exact) mass is 476 g/mol. The number of Topliss-reactive ketones (excluding diaryl/α,β-unsaturated/α-hetero) is 1. The molecule has 0 saturated heterocycles. The summed E-state index contributed by atoms with van der Waals surface area (Å²) in [5, 5.41) is 9.18. The van der Waals surface area contributed by atoms with Crippen LogP contribution in [0.2, 0.25) is 0 Å². The van der Waals surface area contributed by atoms with Crippen LogP contribution in [0.25, 0.3) is 0 Å². The lowest BCUT2D eigenvalue weighted by atomic mass is 9.71. The lowest BCUT2D eigenvalue weighted by molar-refractivity contribution is -0.146. The molecule has 0 spiro atoms. The number of aromatic carboxylic acids is 1. The summed E-state index contributed by atoms with van der Waals surface area (Å²) in [7, 11) is 0. The van der Waals surface area contributed by atoms with Crippen LogP contribution in [0.3, 0.4) is 0 Å². The third kappa shape index (κ3) is 5.03. The number of carbonyl (C=O) groups is 3. The van der Waals surface area contributed by atoms with Gasteiger partial charge in [-0.15, -0.1) is 0 Å². The van der Waals surface area contributed by atoms with Crippen molar-refractivity contribution in [1.82, 2.24) is 4.90 Å². The second kappa shape index (κ2) is 9.94. The average Bonchev–Trinajstić information content (AvgIpc) is 2.83. The number of amides is 1. The Balaban J connectivity index is 1.68. The number of carboxylic acids is 1. The Morgan fingerprint density at radius 2 is 1.69 bits per heavy atom. The minimum Gasteiger partial charge on any atom is -0.478 e. The van der Waals surface area contributed by atoms with E-state index < -0.39 is 12.0 Å². The molecule has 1 aliphatic carbocycles. The van der Waals surface area contributed by atoms with Crippen LogP contribution in [0.4, 0.5) is 0 Å². The van der Waals surface area contributed by atoms with Crippen LogP contribution in [0, 0.1) is 18.8 Å². The fourth-order valence-electron chi connectivity index (χ4n) is 6.10. The predicted molar refractivity (Wildman–Crippen MR) is 135 cm³/mol. The van der Waals surface area contributed by atoms with Gasteiger partial charge in [-0.1, -0.05) is 44.2 Å². The average molecular weight is 477 g/mol. The van der Waals surface area contributed by atoms with E-state index in [1.165, 1.54) is 12.1 Å². The first-order valence-electron chi connectivity index (χ1n) is 12.6. The Hall–Kier alpha value is -2.99. The van der Waals surface area contributed by atoms with Gasteiger partial charge in [0.05, 0.1) is 5.56 Å². The summed E-state index contributed by atoms with van der Waals surface area (Å²) in [6, 6.07) is 11.8. The molecule has 35 heavy (non-hydrogen) atoms. The Kier molecular flexibility index (Phi) is 7.13. The van der Waals surface area contributed by atoms with Crippen LogP contribution in [0.1, 0.15) is 78.2 Å². The van der Waals surface area contributed by atoms with E-state index in [1.54, 1.807) is 12.1 Å². The summed E-state index contributed by atoms with van der Waals surface area (Å²) in [5.41, 5.74) is 9.71. The molecule has 1 unspecified atom stereocenters. The molecule has 2 aliphatic rings. The molecule has 6 nitrogen and oxygen atoms in total. The number of nitrogens with zero attached hydrogens (tertiary/aromatic N) is 1. The number of carbonyl (C=O) groups excluding carboxylic acids is 2. The number of benzene rings is 2. The zero-order valence-electron chi connectivity index (χ0n) is 20.9. The normalized spacial score (nSPS) is 23.4. The maximum Gasteiger partial charge on any atom is 0.335 e. The van der Waals surface area contributed by atoms with Crippen molar-refractivity contribution < 1.29 is 19.5 Å². The van der Waals surface area contributed by atoms with Gasteiger partial charge in [-0.3, -0.25) is 9.59 Å². The van der Waals surface area contributed by atoms with Crippen molar-refractivity contribution in [2.75, 3.05) is 13.1 Å². The SMILES string of the molecule is Cc1cccc2c1C(C)(C)CN(C(=O)C1CCC(CN)CC1)C2C(=O)Cc1ccc(C(=O)O)cc1. The Labute approximate surface area is 207 Å². The number of nitrogens with two attached hydrogens (primary N) is 1. The van der Waals surface area contributed by atoms with E-state index >= 15 is 0 Å². The molecular weight excluding hydrogens is 440 g/mol. The van der Waals surface area contributed by atoms with Gasteiger partial charge >= 0.3 is 5.97 Å². The first-order chi connectivity index (χ1) is 16.6. The van der Waals surface area contributed by atoms with Gasteiger partial charge in [0, 0.05) is 24.3 Å². The van der Waals surface area contributed by atoms with Crippen LogP contribution in [0.5, 0.6) is 0 Å². The van der Waals surface area contributed by atoms with Gasteiger partial charge in [0.15, 0.2) is 5.78 Å². The minimum atomic E-state index is -0.997. The van der Waals surface area contributed by atoms with Gasteiger partial charge in [-0.05, 0) is 79.5 Å². The summed E-state index contributed by atoms with van der Waals surface area (Å²) >= 11 is 0. The van der Waals surface area contributed by atoms with Gasteiger partial charge in [-0.2, -0.15) is 0 Å². The summed E-state index contributed by atoms with van der Waals surface area (Å²) in [6.45, 7) is 7.52. The van der Waals surface area contributed by atoms with Crippen molar-refractivity contribution in [3.8, 4) is 0 Å². The van der Waals surface area contributed by atoms with Gasteiger partial charge < -0.3 is 15.7 Å². The highest BCUT2D eigenvalue weighted by atomic mass is 16.4. The van der Waals surface area contributed by atoms with Crippen LogP contribution >= 0.6 is 0 Å². The van der Waals surface area contributed by atoms with Crippen LogP contribution < -0.4 is 5.73 Å². The van der Waals surface area contributed by atoms with E-state index in [-0.39, 0.29) is 35.0 Å². The van der Waals surface area contributed by atoms with Crippen LogP contribution in [-0.4, -0.2) is 40.8 Å². The first-order valence-corrected chi connectivity index (χ1v) is 12.6. The van der Waals surface area contributed by atoms with E-state index in [4.69, 9.17) is 5.73 Å². The highest BCUT2D eigenvalue weighted by Gasteiger charge is 2.45. The molecule has 186 valence electrons. The fraction of sp³-hybridized carbons (Fsp3) is 0.483. The molecule has 1 fully saturated rings. The van der Waals surface area contributed by atoms with E-state index in [9.17, 15) is 19.5 Å². The first kappa shape index (κ1) is 25.1. The largest absolute Gasteiger partial charge is 0.478 e. The summed E-state index contributed by atoms with van der Waals surface area (Å²) in [5.74, 6) is -0.570. The van der Waals surface area contributed by atoms with Gasteiger partial charge in [-0.25, -0.2) is 4.79 Å². The second-order valence-electron chi connectivity index (χ2n) is 10.9. The number of ketones is 1. The number of fused-ring (bicyclic) bond motifs is 1. The molecule has 0 radical (unpaired) electrons. The van der Waals surface area contributed by atoms with E-state index in [1.807, 2.05) is 17.0 Å². The van der Waals surface area contributed by atoms with E-state index in [0.29, 0.717) is 19.0 Å². The molecule has 6 heteroatoms. The predicted octanol–water partition coefficient (Wildman–Crippen LogP) is 4.43. The Morgan fingerprint density at radius 3 is 2.29 bits per heavy atom. The van der Waals surface area contributed by atoms with Crippen molar-refractivity contribution in [3.05, 3.63) is 70.3 Å². The molecule has 1 saturated carbocycles. The fourth-order valence-corrected chi connectivity index (χ4v) is 6.10. The second-order valence-corrected chi connectivity index (χ2v) is 10.9. The lowest BCUT2D eigenvalue weighted by Crippen LogP contribution is -2.52. The molecule has 0 aromatic heterocycles. The molecule has 1 atom stereocenters. The Bertz CT molecular complexity index is 1110. The van der Waals surface area contributed by atoms with Gasteiger partial charge in [0.1, 0.15) is 6.04 Å². The zero-order valence-corrected chi connectivity index (χ0v) is 20.9. The quantitative estimate of drug-likeness (QED) is 0.642. The maximum absolute atomic E-state index is 13.9. The summed E-state index contributed by atoms with van der Waals surface area (Å²) in [4.78, 5) is 40.8. The summed E-state index contributed by atoms with van der Waals surface area (Å²) < 4.78 is 0. The smallest absolute Gasteiger partial charge is 0.335 e. The van der Waals surface area contributed by atoms with Crippen molar-refractivity contribution in [1.29, 1.82) is 0 Å². The number of rotatable bonds is 6. The molecule has 1 aliphatic heterocycles. The molecule has 2 aromatic rings. The lowest BCUT2D eigenvalue weighted by Gasteiger charge is -2.47. The van der Waals surface area contributed by atoms with E-state index in [0.717, 1.165) is 47.9 Å². The summed E-state index contributed by atoms with van der Waals surface area (Å²) in [6.07, 6.45) is 3.68. The molecular formula is C29H36N2O4. The highest BCUT2D eigenvalue weighted by Crippen LogP contribution is 2.43. The highest BCUT2D eigenvalue weighted by molar-refractivity contribution is 5.93. The molecule has 1 heterocycles. The minimum absolute atomic E-state index is 0.0422. The third-order valence-electron chi connectivity index (χ3n) is 7.85. The Morgan fingerprint density at radius 1 is 1.03 bits per heavy atom. The van der Waals surface area contributed by atoms with Crippen molar-refractivity contribution in [3.63, 3.8) is 0 Å². The topological polar surface area (TPSA) is 101 Å². The zero-order chi connectivity index (χ0) is 25.3. The van der Waals surface area contributed by atoms with Crippen molar-refractivity contribution in [2.24, 2.45) is 17.6 Å².